The Kier molecular flexibility index (Phi) is 22.8. The molecular formula is C61H46Cl5F6IN10O13S3. The number of halogens is 12. The zero-order chi connectivity index (χ0) is 72.4. The van der Waals surface area contributed by atoms with E-state index in [2.05, 4.69) is 34.6 Å². The molecule has 2 N–H and O–H groups in total. The molecule has 0 saturated heterocycles. The highest BCUT2D eigenvalue weighted by atomic mass is 127. The van der Waals surface area contributed by atoms with Gasteiger partial charge in [0.1, 0.15) is 37.0 Å². The molecule has 13 aromatic rings. The molecule has 0 radical (unpaired) electrons. The molecule has 13 heterocycles. The number of aldehydes is 1. The molecule has 13 rings (SSSR count). The monoisotopic (exact) mass is 1640 g/mol. The first-order valence-corrected chi connectivity index (χ1v) is 36.2. The number of hydrogen-bond acceptors (Lipinski definition) is 18. The highest BCUT2D eigenvalue weighted by Gasteiger charge is 2.30. The van der Waals surface area contributed by atoms with Crippen LogP contribution >= 0.6 is 80.6 Å². The van der Waals surface area contributed by atoms with Gasteiger partial charge in [0.25, 0.3) is 19.3 Å². The zero-order valence-electron chi connectivity index (χ0n) is 51.2. The molecule has 0 bridgehead atoms. The zero-order valence-corrected chi connectivity index (χ0v) is 59.5. The van der Waals surface area contributed by atoms with Gasteiger partial charge >= 0.3 is 6.09 Å². The third-order valence-corrected chi connectivity index (χ3v) is 17.7. The van der Waals surface area contributed by atoms with Crippen molar-refractivity contribution in [2.45, 2.75) is 45.6 Å². The fourth-order valence-corrected chi connectivity index (χ4v) is 13.2. The Morgan fingerprint density at radius 3 is 1.40 bits per heavy atom. The quantitative estimate of drug-likeness (QED) is 0.0497. The summed E-state index contributed by atoms with van der Waals surface area (Å²) in [6.07, 6.45) is -0.695. The summed E-state index contributed by atoms with van der Waals surface area (Å²) in [6.45, 7) is 5.12. The second kappa shape index (κ2) is 30.2. The molecular weight excluding hydrogens is 1600 g/mol. The number of alkyl halides is 6. The van der Waals surface area contributed by atoms with Crippen molar-refractivity contribution in [1.82, 2.24) is 42.4 Å². The average Bonchev–Trinajstić information content (AvgIpc) is 1.62. The van der Waals surface area contributed by atoms with Crippen LogP contribution in [0, 0.1) is 3.57 Å². The molecule has 0 atom stereocenters. The number of aromatic nitrogens is 9. The molecule has 23 nitrogen and oxygen atoms in total. The second-order valence-corrected chi connectivity index (χ2v) is 30.0. The lowest BCUT2D eigenvalue weighted by molar-refractivity contribution is 0.0545. The Labute approximate surface area is 595 Å². The predicted molar refractivity (Wildman–Crippen MR) is 369 cm³/mol. The first kappa shape index (κ1) is 74.8. The molecule has 0 spiro atoms. The minimum Gasteiger partial charge on any atom is -0.463 e. The number of carbonyl (C=O) groups excluding carboxylic acids is 2. The number of rotatable bonds is 12. The van der Waals surface area contributed by atoms with Crippen molar-refractivity contribution in [2.24, 2.45) is 0 Å². The minimum atomic E-state index is -3.79. The molecule has 38 heteroatoms. The van der Waals surface area contributed by atoms with E-state index in [0.29, 0.717) is 59.3 Å². The Balaban J connectivity index is 0.000000147. The van der Waals surface area contributed by atoms with E-state index in [1.807, 2.05) is 22.6 Å². The molecule has 13 aromatic heterocycles. The summed E-state index contributed by atoms with van der Waals surface area (Å²) >= 11 is 30.9. The molecule has 0 aliphatic rings. The largest absolute Gasteiger partial charge is 0.463 e. The summed E-state index contributed by atoms with van der Waals surface area (Å²) in [4.78, 5) is 46.7. The van der Waals surface area contributed by atoms with Crippen molar-refractivity contribution in [2.75, 3.05) is 23.5 Å². The smallest absolute Gasteiger partial charge is 0.420 e. The second-order valence-electron chi connectivity index (χ2n) is 21.5. The van der Waals surface area contributed by atoms with Crippen LogP contribution in [-0.2, 0) is 34.8 Å². The lowest BCUT2D eigenvalue weighted by Crippen LogP contribution is -2.27. The fraction of sp³-hybridized carbons (Fsp3) is 0.164. The molecule has 0 fully saturated rings. The van der Waals surface area contributed by atoms with Gasteiger partial charge in [-0.05, 0) is 153 Å². The van der Waals surface area contributed by atoms with Gasteiger partial charge in [-0.3, -0.25) is 9.52 Å². The minimum absolute atomic E-state index is 0.00505. The van der Waals surface area contributed by atoms with Crippen LogP contribution in [0.5, 0.6) is 0 Å². The Morgan fingerprint density at radius 2 is 0.929 bits per heavy atom. The molecule has 0 saturated carbocycles. The lowest BCUT2D eigenvalue weighted by atomic mass is 10.1. The van der Waals surface area contributed by atoms with Gasteiger partial charge in [0, 0.05) is 43.8 Å². The molecule has 0 aliphatic carbocycles. The average molecular weight is 1640 g/mol. The van der Waals surface area contributed by atoms with Gasteiger partial charge in [0.15, 0.2) is 52.1 Å². The Hall–Kier alpha value is -8.42. The van der Waals surface area contributed by atoms with Crippen molar-refractivity contribution < 1.29 is 83.6 Å². The van der Waals surface area contributed by atoms with E-state index in [9.17, 15) is 61.2 Å². The van der Waals surface area contributed by atoms with Gasteiger partial charge in [-0.25, -0.2) is 93.8 Å². The first-order valence-electron chi connectivity index (χ1n) is 27.7. The van der Waals surface area contributed by atoms with Crippen LogP contribution in [-0.4, -0.2) is 104 Å². The topological polar surface area (TPSA) is 305 Å². The van der Waals surface area contributed by atoms with Crippen LogP contribution in [0.4, 0.5) is 37.0 Å². The van der Waals surface area contributed by atoms with Gasteiger partial charge < -0.3 is 27.4 Å². The summed E-state index contributed by atoms with van der Waals surface area (Å²) in [5, 5.41) is 3.47. The van der Waals surface area contributed by atoms with Crippen molar-refractivity contribution in [3.05, 3.63) is 187 Å². The number of aromatic amines is 1. The van der Waals surface area contributed by atoms with Crippen molar-refractivity contribution >= 4 is 173 Å². The van der Waals surface area contributed by atoms with E-state index < -0.39 is 72.6 Å². The van der Waals surface area contributed by atoms with Crippen LogP contribution in [0.2, 0.25) is 25.8 Å². The lowest BCUT2D eigenvalue weighted by Gasteiger charge is -2.20. The van der Waals surface area contributed by atoms with Gasteiger partial charge in [-0.15, -0.1) is 0 Å². The standard InChI is InChI=1S/C17H15ClF2N2O3.C13H9ClF2N2O3S.C13H9ClN2O4S.C12H7ClF2N2O.C6H6ClIN2O2S/c1-17(2,3)25-16(23)22-11(10-6-7-24-13(10)14(19)20)8-9-4-5-12(18)21-15(9)22;1-22(19,20)18-9(8-4-5-21-11(8)12(15)16)6-7-2-3-10(14)17-13(7)18;1-21(18,19)16-10(9-4-5-20-11(9)7-17)6-8-2-3-12(14)15-13(8)16;13-9-2-1-6-5-8(16-12(6)17-9)7-3-4-18-10(7)11(14)15;1-13(11,12)10-6-4(8)2-3-5(7)9-6/h4-8,14H,1-3H3;2-6,12H,1H3;2-7H,1H3;1-5,11H,(H,16,17);2-3H,1H3,(H,9,10). The number of anilines is 1. The molecule has 0 aromatic carbocycles. The Bertz CT molecular complexity index is 5540. The maximum atomic E-state index is 13.2. The maximum Gasteiger partial charge on any atom is 0.420 e. The number of pyridine rings is 5. The van der Waals surface area contributed by atoms with E-state index in [1.165, 1.54) is 48.9 Å². The number of carbonyl (C=O) groups is 2. The maximum absolute atomic E-state index is 13.2. The van der Waals surface area contributed by atoms with Gasteiger partial charge in [-0.2, -0.15) is 0 Å². The van der Waals surface area contributed by atoms with E-state index in [-0.39, 0.29) is 77.4 Å². The van der Waals surface area contributed by atoms with Crippen molar-refractivity contribution in [1.29, 1.82) is 0 Å². The van der Waals surface area contributed by atoms with Crippen LogP contribution < -0.4 is 4.72 Å². The molecule has 0 unspecified atom stereocenters. The summed E-state index contributed by atoms with van der Waals surface area (Å²) in [5.41, 5.74) is 2.17. The summed E-state index contributed by atoms with van der Waals surface area (Å²) < 4.78 is 179. The highest BCUT2D eigenvalue weighted by Crippen LogP contribution is 2.40. The number of hydrogen-bond donors (Lipinski definition) is 2. The molecule has 0 amide bonds. The summed E-state index contributed by atoms with van der Waals surface area (Å²) in [5.74, 6) is -1.17. The molecule has 520 valence electrons. The predicted octanol–water partition coefficient (Wildman–Crippen LogP) is 18.1. The van der Waals surface area contributed by atoms with Crippen LogP contribution in [0.15, 0.2) is 152 Å². The number of nitrogens with zero attached hydrogens (tertiary/aromatic N) is 8. The van der Waals surface area contributed by atoms with Crippen molar-refractivity contribution in [3.63, 3.8) is 0 Å². The van der Waals surface area contributed by atoms with Crippen LogP contribution in [0.25, 0.3) is 89.2 Å². The number of nitrogens with one attached hydrogen (secondary N) is 2. The van der Waals surface area contributed by atoms with Gasteiger partial charge in [-0.1, -0.05) is 58.0 Å². The number of ether oxygens (including phenoxy) is 1. The van der Waals surface area contributed by atoms with E-state index in [0.717, 1.165) is 49.2 Å². The number of H-pyrrole nitrogens is 1. The third-order valence-electron chi connectivity index (χ3n) is 13.1. The normalized spacial score (nSPS) is 11.9. The molecule has 99 heavy (non-hydrogen) atoms. The Morgan fingerprint density at radius 1 is 0.535 bits per heavy atom. The SMILES string of the molecule is CC(C)(C)OC(=O)n1c(-c2ccoc2C(F)F)cc2ccc(Cl)nc21.CS(=O)(=O)Nc1nc(Cl)ccc1I.CS(=O)(=O)n1c(-c2ccoc2C(F)F)cc2ccc(Cl)nc21.CS(=O)(=O)n1c(-c2ccoc2C=O)cc2ccc(Cl)nc21.FC(F)c1occc1-c1cc2ccc(Cl)nc2[nH]1. The van der Waals surface area contributed by atoms with Crippen molar-refractivity contribution in [3.8, 4) is 45.0 Å². The third kappa shape index (κ3) is 17.8. The number of furan rings is 4. The summed E-state index contributed by atoms with van der Waals surface area (Å²) in [6, 6.07) is 28.2. The van der Waals surface area contributed by atoms with Crippen LogP contribution in [0.1, 0.15) is 67.9 Å². The first-order chi connectivity index (χ1) is 46.4. The van der Waals surface area contributed by atoms with E-state index in [4.69, 9.17) is 80.4 Å². The van der Waals surface area contributed by atoms with E-state index >= 15 is 0 Å². The molecule has 0 aliphatic heterocycles. The fourth-order valence-electron chi connectivity index (χ4n) is 9.38. The number of fused-ring (bicyclic) bond motifs is 4. The van der Waals surface area contributed by atoms with Gasteiger partial charge in [0.05, 0.1) is 70.2 Å². The van der Waals surface area contributed by atoms with Gasteiger partial charge in [0.2, 0.25) is 30.1 Å². The van der Waals surface area contributed by atoms with Crippen LogP contribution in [0.3, 0.4) is 0 Å². The van der Waals surface area contributed by atoms with E-state index in [1.54, 1.807) is 93.6 Å². The summed E-state index contributed by atoms with van der Waals surface area (Å²) in [7, 11) is -10.7. The number of sulfonamides is 1. The highest BCUT2D eigenvalue weighted by molar-refractivity contribution is 14.1.